The molecular formula is C21H23N5O2. The molecule has 7 heteroatoms. The van der Waals surface area contributed by atoms with Crippen molar-refractivity contribution in [2.45, 2.75) is 32.0 Å². The van der Waals surface area contributed by atoms with Gasteiger partial charge in [0.05, 0.1) is 34.6 Å². The average molecular weight is 377 g/mol. The Morgan fingerprint density at radius 1 is 1.18 bits per heavy atom. The van der Waals surface area contributed by atoms with Gasteiger partial charge in [-0.3, -0.25) is 14.7 Å². The largest absolute Gasteiger partial charge is 0.390 e. The number of β-amino-alcohol motifs (C(OH)–C–C–N with tert-alkyl or cyclic N) is 1. The second-order valence-corrected chi connectivity index (χ2v) is 7.15. The SMILES string of the molecule is Cc1nc2ccccc2nc1CN1CCC(NC(=O)c2ccncc2)C(O)C1. The Balaban J connectivity index is 1.39. The number of carbonyl (C=O) groups excluding carboxylic acids is 1. The number of aliphatic hydroxyl groups is 1. The lowest BCUT2D eigenvalue weighted by Gasteiger charge is -2.36. The van der Waals surface area contributed by atoms with Crippen molar-refractivity contribution in [3.8, 4) is 0 Å². The number of hydrogen-bond acceptors (Lipinski definition) is 6. The summed E-state index contributed by atoms with van der Waals surface area (Å²) in [4.78, 5) is 27.8. The third-order valence-corrected chi connectivity index (χ3v) is 5.14. The predicted molar refractivity (Wildman–Crippen MR) is 106 cm³/mol. The van der Waals surface area contributed by atoms with Crippen LogP contribution in [0.15, 0.2) is 48.8 Å². The highest BCUT2D eigenvalue weighted by molar-refractivity contribution is 5.94. The van der Waals surface area contributed by atoms with Crippen LogP contribution in [0.2, 0.25) is 0 Å². The zero-order chi connectivity index (χ0) is 19.5. The Labute approximate surface area is 163 Å². The maximum Gasteiger partial charge on any atom is 0.251 e. The van der Waals surface area contributed by atoms with Crippen molar-refractivity contribution in [1.82, 2.24) is 25.2 Å². The minimum atomic E-state index is -0.631. The van der Waals surface area contributed by atoms with Gasteiger partial charge in [0.25, 0.3) is 5.91 Å². The van der Waals surface area contributed by atoms with Crippen molar-refractivity contribution in [2.24, 2.45) is 0 Å². The standard InChI is InChI=1S/C21H23N5O2/c1-14-19(24-17-5-3-2-4-16(17)23-14)12-26-11-8-18(20(27)13-26)25-21(28)15-6-9-22-10-7-15/h2-7,9-10,18,20,27H,8,11-13H2,1H3,(H,25,28). The van der Waals surface area contributed by atoms with Crippen LogP contribution in [0.25, 0.3) is 11.0 Å². The molecule has 0 saturated carbocycles. The maximum absolute atomic E-state index is 12.3. The topological polar surface area (TPSA) is 91.2 Å². The molecule has 2 unspecified atom stereocenters. The van der Waals surface area contributed by atoms with E-state index in [-0.39, 0.29) is 11.9 Å². The fraction of sp³-hybridized carbons (Fsp3) is 0.333. The van der Waals surface area contributed by atoms with Gasteiger partial charge in [0, 0.05) is 37.6 Å². The fourth-order valence-corrected chi connectivity index (χ4v) is 3.55. The number of likely N-dealkylation sites (tertiary alicyclic amines) is 1. The predicted octanol–water partition coefficient (Wildman–Crippen LogP) is 1.70. The van der Waals surface area contributed by atoms with Crippen molar-refractivity contribution in [3.05, 3.63) is 65.7 Å². The molecule has 4 rings (SSSR count). The summed E-state index contributed by atoms with van der Waals surface area (Å²) in [6.45, 7) is 3.85. The quantitative estimate of drug-likeness (QED) is 0.719. The number of nitrogens with zero attached hydrogens (tertiary/aromatic N) is 4. The molecule has 1 aliphatic heterocycles. The van der Waals surface area contributed by atoms with Crippen LogP contribution < -0.4 is 5.32 Å². The molecule has 2 atom stereocenters. The number of aryl methyl sites for hydroxylation is 1. The average Bonchev–Trinajstić information content (AvgIpc) is 2.71. The molecule has 3 aromatic rings. The highest BCUT2D eigenvalue weighted by atomic mass is 16.3. The summed E-state index contributed by atoms with van der Waals surface area (Å²) < 4.78 is 0. The maximum atomic E-state index is 12.3. The van der Waals surface area contributed by atoms with E-state index in [0.29, 0.717) is 25.1 Å². The fourth-order valence-electron chi connectivity index (χ4n) is 3.55. The highest BCUT2D eigenvalue weighted by Crippen LogP contribution is 2.18. The van der Waals surface area contributed by atoms with Gasteiger partial charge in [-0.25, -0.2) is 9.97 Å². The van der Waals surface area contributed by atoms with Gasteiger partial charge in [-0.2, -0.15) is 0 Å². The number of rotatable bonds is 4. The molecule has 1 aliphatic rings. The Kier molecular flexibility index (Phi) is 5.27. The number of hydrogen-bond donors (Lipinski definition) is 2. The molecule has 1 aromatic carbocycles. The van der Waals surface area contributed by atoms with E-state index in [4.69, 9.17) is 4.98 Å². The van der Waals surface area contributed by atoms with Gasteiger partial charge in [0.1, 0.15) is 0 Å². The van der Waals surface area contributed by atoms with Crippen LogP contribution in [-0.2, 0) is 6.54 Å². The van der Waals surface area contributed by atoms with E-state index in [1.54, 1.807) is 24.5 Å². The number of benzene rings is 1. The van der Waals surface area contributed by atoms with Gasteiger partial charge in [-0.05, 0) is 37.6 Å². The molecule has 2 N–H and O–H groups in total. The summed E-state index contributed by atoms with van der Waals surface area (Å²) in [6.07, 6.45) is 3.22. The van der Waals surface area contributed by atoms with E-state index in [0.717, 1.165) is 29.0 Å². The van der Waals surface area contributed by atoms with Crippen LogP contribution in [-0.4, -0.2) is 56.1 Å². The van der Waals surface area contributed by atoms with E-state index < -0.39 is 6.10 Å². The molecular weight excluding hydrogens is 354 g/mol. The van der Waals surface area contributed by atoms with Gasteiger partial charge in [0.2, 0.25) is 0 Å². The van der Waals surface area contributed by atoms with E-state index in [1.807, 2.05) is 31.2 Å². The third kappa shape index (κ3) is 4.00. The van der Waals surface area contributed by atoms with Crippen molar-refractivity contribution >= 4 is 16.9 Å². The number of aromatic nitrogens is 3. The number of carbonyl (C=O) groups is 1. The first-order chi connectivity index (χ1) is 13.6. The summed E-state index contributed by atoms with van der Waals surface area (Å²) >= 11 is 0. The summed E-state index contributed by atoms with van der Waals surface area (Å²) in [5, 5.41) is 13.5. The summed E-state index contributed by atoms with van der Waals surface area (Å²) in [5.74, 6) is -0.184. The monoisotopic (exact) mass is 377 g/mol. The van der Waals surface area contributed by atoms with E-state index in [2.05, 4.69) is 20.2 Å². The molecule has 0 spiro atoms. The van der Waals surface area contributed by atoms with E-state index in [9.17, 15) is 9.90 Å². The smallest absolute Gasteiger partial charge is 0.251 e. The molecule has 2 aromatic heterocycles. The number of para-hydroxylation sites is 2. The van der Waals surface area contributed by atoms with Gasteiger partial charge in [0.15, 0.2) is 0 Å². The highest BCUT2D eigenvalue weighted by Gasteiger charge is 2.29. The first-order valence-corrected chi connectivity index (χ1v) is 9.44. The lowest BCUT2D eigenvalue weighted by atomic mass is 10.0. The number of aliphatic hydroxyl groups excluding tert-OH is 1. The first kappa shape index (κ1) is 18.5. The third-order valence-electron chi connectivity index (χ3n) is 5.14. The van der Waals surface area contributed by atoms with Crippen LogP contribution in [0.1, 0.15) is 28.2 Å². The Hall–Kier alpha value is -2.90. The molecule has 3 heterocycles. The number of nitrogens with one attached hydrogen (secondary N) is 1. The lowest BCUT2D eigenvalue weighted by molar-refractivity contribution is 0.0344. The van der Waals surface area contributed by atoms with Crippen LogP contribution in [0.3, 0.4) is 0 Å². The van der Waals surface area contributed by atoms with Gasteiger partial charge in [-0.1, -0.05) is 12.1 Å². The zero-order valence-corrected chi connectivity index (χ0v) is 15.7. The van der Waals surface area contributed by atoms with Crippen molar-refractivity contribution < 1.29 is 9.90 Å². The number of pyridine rings is 1. The Bertz CT molecular complexity index is 979. The van der Waals surface area contributed by atoms with Crippen molar-refractivity contribution in [2.75, 3.05) is 13.1 Å². The van der Waals surface area contributed by atoms with E-state index in [1.165, 1.54) is 0 Å². The first-order valence-electron chi connectivity index (χ1n) is 9.44. The van der Waals surface area contributed by atoms with Crippen LogP contribution in [0.5, 0.6) is 0 Å². The van der Waals surface area contributed by atoms with E-state index >= 15 is 0 Å². The molecule has 1 amide bonds. The minimum Gasteiger partial charge on any atom is -0.390 e. The van der Waals surface area contributed by atoms with Gasteiger partial charge < -0.3 is 10.4 Å². The second kappa shape index (κ2) is 8.00. The minimum absolute atomic E-state index is 0.184. The summed E-state index contributed by atoms with van der Waals surface area (Å²) in [7, 11) is 0. The summed E-state index contributed by atoms with van der Waals surface area (Å²) in [6, 6.07) is 10.9. The number of fused-ring (bicyclic) bond motifs is 1. The van der Waals surface area contributed by atoms with Crippen LogP contribution in [0.4, 0.5) is 0 Å². The van der Waals surface area contributed by atoms with Crippen LogP contribution in [0, 0.1) is 6.92 Å². The molecule has 0 radical (unpaired) electrons. The van der Waals surface area contributed by atoms with Crippen LogP contribution >= 0.6 is 0 Å². The second-order valence-electron chi connectivity index (χ2n) is 7.15. The number of piperidine rings is 1. The Morgan fingerprint density at radius 2 is 1.89 bits per heavy atom. The molecule has 144 valence electrons. The zero-order valence-electron chi connectivity index (χ0n) is 15.7. The number of amides is 1. The summed E-state index contributed by atoms with van der Waals surface area (Å²) in [5.41, 5.74) is 4.14. The molecule has 1 saturated heterocycles. The van der Waals surface area contributed by atoms with Gasteiger partial charge in [-0.15, -0.1) is 0 Å². The normalized spacial score (nSPS) is 20.2. The van der Waals surface area contributed by atoms with Crippen molar-refractivity contribution in [1.29, 1.82) is 0 Å². The molecule has 0 bridgehead atoms. The molecule has 1 fully saturated rings. The lowest BCUT2D eigenvalue weighted by Crippen LogP contribution is -2.53. The molecule has 28 heavy (non-hydrogen) atoms. The van der Waals surface area contributed by atoms with Gasteiger partial charge >= 0.3 is 0 Å². The molecule has 0 aliphatic carbocycles. The molecule has 7 nitrogen and oxygen atoms in total. The Morgan fingerprint density at radius 3 is 2.61 bits per heavy atom. The van der Waals surface area contributed by atoms with Crippen molar-refractivity contribution in [3.63, 3.8) is 0 Å².